The second-order valence-electron chi connectivity index (χ2n) is 4.93. The van der Waals surface area contributed by atoms with Crippen molar-refractivity contribution in [3.8, 4) is 0 Å². The van der Waals surface area contributed by atoms with E-state index in [0.29, 0.717) is 12.7 Å². The van der Waals surface area contributed by atoms with E-state index in [1.807, 2.05) is 0 Å². The highest BCUT2D eigenvalue weighted by Gasteiger charge is 2.30. The number of carbonyl (C=O) groups is 1. The van der Waals surface area contributed by atoms with Gasteiger partial charge in [0.25, 0.3) is 5.91 Å². The fourth-order valence-corrected chi connectivity index (χ4v) is 2.59. The Balaban J connectivity index is 1.65. The maximum Gasteiger partial charge on any atom is 0.263 e. The number of nitrogens with two attached hydrogens (primary N) is 1. The predicted molar refractivity (Wildman–Crippen MR) is 63.1 cm³/mol. The van der Waals surface area contributed by atoms with Crippen LogP contribution in [0.3, 0.4) is 0 Å². The molecule has 0 aromatic rings. The topological polar surface area (TPSA) is 73.6 Å². The van der Waals surface area contributed by atoms with E-state index in [2.05, 4.69) is 5.43 Å². The first-order valence-electron chi connectivity index (χ1n) is 6.57. The summed E-state index contributed by atoms with van der Waals surface area (Å²) in [6.07, 6.45) is 7.89. The summed E-state index contributed by atoms with van der Waals surface area (Å²) >= 11 is 0. The summed E-state index contributed by atoms with van der Waals surface area (Å²) in [5.74, 6) is 4.85. The van der Waals surface area contributed by atoms with E-state index < -0.39 is 0 Å². The first-order chi connectivity index (χ1) is 8.29. The van der Waals surface area contributed by atoms with E-state index in [0.717, 1.165) is 12.8 Å². The molecule has 1 aliphatic heterocycles. The van der Waals surface area contributed by atoms with Crippen LogP contribution < -0.4 is 11.3 Å². The molecule has 2 rings (SSSR count). The van der Waals surface area contributed by atoms with Crippen molar-refractivity contribution in [2.75, 3.05) is 6.61 Å². The Bertz CT molecular complexity index is 254. The van der Waals surface area contributed by atoms with E-state index in [1.165, 1.54) is 32.1 Å². The Hall–Kier alpha value is -0.650. The number of rotatable bonds is 4. The van der Waals surface area contributed by atoms with Gasteiger partial charge in [-0.2, -0.15) is 0 Å². The number of hydrazine groups is 1. The highest BCUT2D eigenvalue weighted by Crippen LogP contribution is 2.24. The molecule has 0 aromatic carbocycles. The molecule has 17 heavy (non-hydrogen) atoms. The van der Waals surface area contributed by atoms with Crippen LogP contribution in [-0.2, 0) is 14.3 Å². The molecule has 1 heterocycles. The molecule has 2 unspecified atom stereocenters. The lowest BCUT2D eigenvalue weighted by Crippen LogP contribution is -2.39. The maximum absolute atomic E-state index is 11.3. The van der Waals surface area contributed by atoms with Crippen LogP contribution >= 0.6 is 0 Å². The van der Waals surface area contributed by atoms with Crippen molar-refractivity contribution in [3.05, 3.63) is 0 Å². The largest absolute Gasteiger partial charge is 0.376 e. The highest BCUT2D eigenvalue weighted by molar-refractivity contribution is 5.80. The quantitative estimate of drug-likeness (QED) is 0.436. The first kappa shape index (κ1) is 12.8. The summed E-state index contributed by atoms with van der Waals surface area (Å²) in [4.78, 5) is 11.3. The molecule has 3 N–H and O–H groups in total. The fraction of sp³-hybridized carbons (Fsp3) is 0.917. The molecule has 5 nitrogen and oxygen atoms in total. The third-order valence-electron chi connectivity index (χ3n) is 3.61. The van der Waals surface area contributed by atoms with Gasteiger partial charge in [-0.1, -0.05) is 19.3 Å². The Morgan fingerprint density at radius 2 is 2.00 bits per heavy atom. The summed E-state index contributed by atoms with van der Waals surface area (Å²) in [5, 5.41) is 0. The number of ether oxygens (including phenoxy) is 2. The van der Waals surface area contributed by atoms with Gasteiger partial charge in [0.05, 0.1) is 18.8 Å². The minimum absolute atomic E-state index is 0.0548. The molecule has 2 fully saturated rings. The van der Waals surface area contributed by atoms with Crippen LogP contribution in [0.5, 0.6) is 0 Å². The van der Waals surface area contributed by atoms with Crippen LogP contribution in [-0.4, -0.2) is 30.8 Å². The average molecular weight is 242 g/mol. The van der Waals surface area contributed by atoms with E-state index >= 15 is 0 Å². The third-order valence-corrected chi connectivity index (χ3v) is 3.61. The second-order valence-corrected chi connectivity index (χ2v) is 4.93. The molecule has 0 aromatic heterocycles. The zero-order valence-corrected chi connectivity index (χ0v) is 10.2. The highest BCUT2D eigenvalue weighted by atomic mass is 16.5. The summed E-state index contributed by atoms with van der Waals surface area (Å²) in [7, 11) is 0. The average Bonchev–Trinajstić information content (AvgIpc) is 2.85. The van der Waals surface area contributed by atoms with Gasteiger partial charge in [-0.15, -0.1) is 0 Å². The molecule has 5 heteroatoms. The van der Waals surface area contributed by atoms with E-state index in [-0.39, 0.29) is 18.1 Å². The molecule has 1 aliphatic carbocycles. The van der Waals surface area contributed by atoms with Crippen molar-refractivity contribution >= 4 is 5.91 Å². The Morgan fingerprint density at radius 1 is 1.24 bits per heavy atom. The Morgan fingerprint density at radius 3 is 2.71 bits per heavy atom. The number of hydrogen-bond acceptors (Lipinski definition) is 4. The lowest BCUT2D eigenvalue weighted by Gasteiger charge is -2.23. The van der Waals surface area contributed by atoms with Crippen LogP contribution in [0.2, 0.25) is 0 Å². The van der Waals surface area contributed by atoms with Crippen molar-refractivity contribution in [3.63, 3.8) is 0 Å². The molecule has 0 spiro atoms. The van der Waals surface area contributed by atoms with Crippen molar-refractivity contribution in [1.82, 2.24) is 5.43 Å². The Labute approximate surface area is 102 Å². The van der Waals surface area contributed by atoms with Gasteiger partial charge in [0.2, 0.25) is 0 Å². The summed E-state index contributed by atoms with van der Waals surface area (Å²) in [6, 6.07) is 0. The lowest BCUT2D eigenvalue weighted by molar-refractivity contribution is -0.134. The zero-order valence-electron chi connectivity index (χ0n) is 10.2. The lowest BCUT2D eigenvalue weighted by atomic mass is 9.98. The maximum atomic E-state index is 11.3. The standard InChI is InChI=1S/C12H22N2O3/c13-14-12(15)11-7-6-10(17-11)8-16-9-4-2-1-3-5-9/h9-11H,1-8,13H2,(H,14,15). The molecule has 98 valence electrons. The monoisotopic (exact) mass is 242 g/mol. The van der Waals surface area contributed by atoms with Crippen LogP contribution in [0.1, 0.15) is 44.9 Å². The molecular formula is C12H22N2O3. The van der Waals surface area contributed by atoms with Gasteiger partial charge in [0.15, 0.2) is 0 Å². The molecule has 1 amide bonds. The smallest absolute Gasteiger partial charge is 0.263 e. The van der Waals surface area contributed by atoms with Gasteiger partial charge in [0.1, 0.15) is 6.10 Å². The number of carbonyl (C=O) groups excluding carboxylic acids is 1. The van der Waals surface area contributed by atoms with Crippen molar-refractivity contribution in [2.45, 2.75) is 63.3 Å². The van der Waals surface area contributed by atoms with Crippen molar-refractivity contribution in [2.24, 2.45) is 5.84 Å². The number of amides is 1. The molecule has 2 aliphatic rings. The van der Waals surface area contributed by atoms with Crippen LogP contribution in [0.25, 0.3) is 0 Å². The van der Waals surface area contributed by atoms with Crippen LogP contribution in [0.15, 0.2) is 0 Å². The van der Waals surface area contributed by atoms with Gasteiger partial charge >= 0.3 is 0 Å². The predicted octanol–water partition coefficient (Wildman–Crippen LogP) is 0.873. The van der Waals surface area contributed by atoms with Crippen LogP contribution in [0.4, 0.5) is 0 Å². The summed E-state index contributed by atoms with van der Waals surface area (Å²) in [6.45, 7) is 0.610. The minimum Gasteiger partial charge on any atom is -0.376 e. The van der Waals surface area contributed by atoms with E-state index in [9.17, 15) is 4.79 Å². The van der Waals surface area contributed by atoms with Crippen molar-refractivity contribution in [1.29, 1.82) is 0 Å². The first-order valence-corrected chi connectivity index (χ1v) is 6.57. The van der Waals surface area contributed by atoms with Gasteiger partial charge in [-0.05, 0) is 25.7 Å². The Kier molecular flexibility index (Phi) is 4.76. The number of nitrogens with one attached hydrogen (secondary N) is 1. The molecule has 0 radical (unpaired) electrons. The molecule has 0 bridgehead atoms. The van der Waals surface area contributed by atoms with E-state index in [1.54, 1.807) is 0 Å². The molecule has 2 atom stereocenters. The molecule has 1 saturated heterocycles. The SMILES string of the molecule is NNC(=O)C1CCC(COC2CCCCC2)O1. The van der Waals surface area contributed by atoms with E-state index in [4.69, 9.17) is 15.3 Å². The summed E-state index contributed by atoms with van der Waals surface area (Å²) in [5.41, 5.74) is 2.13. The third kappa shape index (κ3) is 3.66. The van der Waals surface area contributed by atoms with Crippen LogP contribution in [0, 0.1) is 0 Å². The van der Waals surface area contributed by atoms with Gasteiger partial charge in [-0.25, -0.2) is 5.84 Å². The summed E-state index contributed by atoms with van der Waals surface area (Å²) < 4.78 is 11.4. The number of hydrogen-bond donors (Lipinski definition) is 2. The molecular weight excluding hydrogens is 220 g/mol. The van der Waals surface area contributed by atoms with Crippen molar-refractivity contribution < 1.29 is 14.3 Å². The molecule has 1 saturated carbocycles. The van der Waals surface area contributed by atoms with Gasteiger partial charge < -0.3 is 9.47 Å². The minimum atomic E-state index is -0.389. The second kappa shape index (κ2) is 6.33. The van der Waals surface area contributed by atoms with Gasteiger partial charge in [-0.3, -0.25) is 10.2 Å². The fourth-order valence-electron chi connectivity index (χ4n) is 2.59. The zero-order chi connectivity index (χ0) is 12.1. The normalized spacial score (nSPS) is 30.4. The van der Waals surface area contributed by atoms with Gasteiger partial charge in [0, 0.05) is 0 Å².